The molecule has 0 bridgehead atoms. The van der Waals surface area contributed by atoms with E-state index in [0.29, 0.717) is 5.75 Å². The molecule has 0 radical (unpaired) electrons. The summed E-state index contributed by atoms with van der Waals surface area (Å²) in [6.07, 6.45) is 2.17. The van der Waals surface area contributed by atoms with Gasteiger partial charge in [0.2, 0.25) is 0 Å². The summed E-state index contributed by atoms with van der Waals surface area (Å²) in [6, 6.07) is 12.2. The molecular weight excluding hydrogens is 260 g/mol. The molecule has 0 spiro atoms. The SMILES string of the molecule is Cc1cc(NCc2cn(C)c3ccccc23)c(C)cc1O. The van der Waals surface area contributed by atoms with Crippen LogP contribution in [0.3, 0.4) is 0 Å². The lowest BCUT2D eigenvalue weighted by atomic mass is 10.1. The molecular formula is C18H20N2O. The maximum absolute atomic E-state index is 9.72. The molecule has 1 heterocycles. The van der Waals surface area contributed by atoms with Gasteiger partial charge in [-0.25, -0.2) is 0 Å². The van der Waals surface area contributed by atoms with Crippen molar-refractivity contribution in [2.45, 2.75) is 20.4 Å². The average molecular weight is 280 g/mol. The van der Waals surface area contributed by atoms with Crippen LogP contribution in [0.1, 0.15) is 16.7 Å². The number of aromatic nitrogens is 1. The number of rotatable bonds is 3. The van der Waals surface area contributed by atoms with E-state index in [1.165, 1.54) is 16.5 Å². The van der Waals surface area contributed by atoms with Gasteiger partial charge in [-0.1, -0.05) is 18.2 Å². The van der Waals surface area contributed by atoms with E-state index in [0.717, 1.165) is 23.4 Å². The molecule has 2 N–H and O–H groups in total. The first-order valence-electron chi connectivity index (χ1n) is 7.13. The number of aromatic hydroxyl groups is 1. The number of nitrogens with one attached hydrogen (secondary N) is 1. The summed E-state index contributed by atoms with van der Waals surface area (Å²) in [5, 5.41) is 14.5. The average Bonchev–Trinajstić information content (AvgIpc) is 2.79. The second-order valence-corrected chi connectivity index (χ2v) is 5.59. The van der Waals surface area contributed by atoms with Gasteiger partial charge in [0.15, 0.2) is 0 Å². The number of phenols is 1. The van der Waals surface area contributed by atoms with Crippen molar-refractivity contribution in [3.05, 3.63) is 59.3 Å². The Morgan fingerprint density at radius 3 is 2.67 bits per heavy atom. The Labute approximate surface area is 124 Å². The highest BCUT2D eigenvalue weighted by atomic mass is 16.3. The minimum Gasteiger partial charge on any atom is -0.508 e. The van der Waals surface area contributed by atoms with E-state index in [2.05, 4.69) is 47.4 Å². The molecule has 1 aromatic heterocycles. The molecule has 0 aliphatic carbocycles. The molecule has 0 aliphatic heterocycles. The lowest BCUT2D eigenvalue weighted by molar-refractivity contribution is 0.471. The van der Waals surface area contributed by atoms with Gasteiger partial charge in [0, 0.05) is 36.4 Å². The first-order chi connectivity index (χ1) is 10.1. The lowest BCUT2D eigenvalue weighted by Crippen LogP contribution is -2.01. The van der Waals surface area contributed by atoms with Gasteiger partial charge in [0.05, 0.1) is 0 Å². The predicted molar refractivity (Wildman–Crippen MR) is 87.8 cm³/mol. The summed E-state index contributed by atoms with van der Waals surface area (Å²) in [5.74, 6) is 0.350. The largest absolute Gasteiger partial charge is 0.508 e. The van der Waals surface area contributed by atoms with Crippen molar-refractivity contribution in [1.29, 1.82) is 0 Å². The Morgan fingerprint density at radius 2 is 1.86 bits per heavy atom. The quantitative estimate of drug-likeness (QED) is 0.708. The Hall–Kier alpha value is -2.42. The fourth-order valence-electron chi connectivity index (χ4n) is 2.75. The van der Waals surface area contributed by atoms with Gasteiger partial charge < -0.3 is 15.0 Å². The summed E-state index contributed by atoms with van der Waals surface area (Å²) >= 11 is 0. The van der Waals surface area contributed by atoms with Gasteiger partial charge in [-0.05, 0) is 48.7 Å². The smallest absolute Gasteiger partial charge is 0.118 e. The van der Waals surface area contributed by atoms with Gasteiger partial charge in [-0.3, -0.25) is 0 Å². The standard InChI is InChI=1S/C18H20N2O/c1-12-9-18(21)13(2)8-16(12)19-10-14-11-20(3)17-7-5-4-6-15(14)17/h4-9,11,19,21H,10H2,1-3H3. The van der Waals surface area contributed by atoms with Crippen LogP contribution in [0.2, 0.25) is 0 Å². The number of para-hydroxylation sites is 1. The van der Waals surface area contributed by atoms with E-state index in [9.17, 15) is 5.11 Å². The molecule has 0 saturated carbocycles. The lowest BCUT2D eigenvalue weighted by Gasteiger charge is -2.11. The van der Waals surface area contributed by atoms with Crippen LogP contribution in [-0.2, 0) is 13.6 Å². The molecule has 0 aliphatic rings. The van der Waals surface area contributed by atoms with Crippen LogP contribution in [0.15, 0.2) is 42.6 Å². The zero-order valence-corrected chi connectivity index (χ0v) is 12.6. The van der Waals surface area contributed by atoms with E-state index in [1.807, 2.05) is 19.9 Å². The molecule has 0 fully saturated rings. The highest BCUT2D eigenvalue weighted by Crippen LogP contribution is 2.26. The van der Waals surface area contributed by atoms with Gasteiger partial charge in [0.25, 0.3) is 0 Å². The Balaban J connectivity index is 1.89. The maximum Gasteiger partial charge on any atom is 0.118 e. The summed E-state index contributed by atoms with van der Waals surface area (Å²) < 4.78 is 2.15. The number of phenolic OH excluding ortho intramolecular Hbond substituents is 1. The van der Waals surface area contributed by atoms with E-state index >= 15 is 0 Å². The Morgan fingerprint density at radius 1 is 1.10 bits per heavy atom. The van der Waals surface area contributed by atoms with Crippen molar-refractivity contribution in [3.63, 3.8) is 0 Å². The van der Waals surface area contributed by atoms with Crippen molar-refractivity contribution in [3.8, 4) is 5.75 Å². The van der Waals surface area contributed by atoms with E-state index in [1.54, 1.807) is 6.07 Å². The zero-order chi connectivity index (χ0) is 15.0. The summed E-state index contributed by atoms with van der Waals surface area (Å²) in [6.45, 7) is 4.69. The second-order valence-electron chi connectivity index (χ2n) is 5.59. The first-order valence-corrected chi connectivity index (χ1v) is 7.13. The summed E-state index contributed by atoms with van der Waals surface area (Å²) in [7, 11) is 2.07. The molecule has 2 aromatic carbocycles. The zero-order valence-electron chi connectivity index (χ0n) is 12.6. The normalized spacial score (nSPS) is 11.0. The van der Waals surface area contributed by atoms with Crippen LogP contribution in [0.4, 0.5) is 5.69 Å². The molecule has 0 amide bonds. The number of hydrogen-bond donors (Lipinski definition) is 2. The third-order valence-corrected chi connectivity index (χ3v) is 3.99. The molecule has 3 rings (SSSR count). The van der Waals surface area contributed by atoms with Crippen LogP contribution < -0.4 is 5.32 Å². The minimum absolute atomic E-state index is 0.350. The van der Waals surface area contributed by atoms with Gasteiger partial charge >= 0.3 is 0 Å². The molecule has 0 atom stereocenters. The third-order valence-electron chi connectivity index (χ3n) is 3.99. The maximum atomic E-state index is 9.72. The van der Waals surface area contributed by atoms with Crippen LogP contribution in [-0.4, -0.2) is 9.67 Å². The van der Waals surface area contributed by atoms with Crippen LogP contribution >= 0.6 is 0 Å². The minimum atomic E-state index is 0.350. The topological polar surface area (TPSA) is 37.2 Å². The first kappa shape index (κ1) is 13.6. The highest BCUT2D eigenvalue weighted by Gasteiger charge is 2.07. The number of hydrogen-bond acceptors (Lipinski definition) is 2. The summed E-state index contributed by atoms with van der Waals surface area (Å²) in [5.41, 5.74) is 5.53. The molecule has 3 aromatic rings. The molecule has 3 heteroatoms. The number of anilines is 1. The number of fused-ring (bicyclic) bond motifs is 1. The van der Waals surface area contributed by atoms with Crippen molar-refractivity contribution >= 4 is 16.6 Å². The fraction of sp³-hybridized carbons (Fsp3) is 0.222. The molecule has 0 unspecified atom stereocenters. The number of aryl methyl sites for hydroxylation is 3. The van der Waals surface area contributed by atoms with Gasteiger partial charge in [-0.15, -0.1) is 0 Å². The van der Waals surface area contributed by atoms with Crippen molar-refractivity contribution in [2.75, 3.05) is 5.32 Å². The Kier molecular flexibility index (Phi) is 3.34. The molecule has 108 valence electrons. The van der Waals surface area contributed by atoms with E-state index < -0.39 is 0 Å². The molecule has 3 nitrogen and oxygen atoms in total. The van der Waals surface area contributed by atoms with Gasteiger partial charge in [-0.2, -0.15) is 0 Å². The van der Waals surface area contributed by atoms with E-state index in [-0.39, 0.29) is 0 Å². The van der Waals surface area contributed by atoms with Crippen LogP contribution in [0.5, 0.6) is 5.75 Å². The van der Waals surface area contributed by atoms with Crippen molar-refractivity contribution in [1.82, 2.24) is 4.57 Å². The number of nitrogens with zero attached hydrogens (tertiary/aromatic N) is 1. The molecule has 0 saturated heterocycles. The second kappa shape index (κ2) is 5.17. The Bertz CT molecular complexity index is 802. The third kappa shape index (κ3) is 2.47. The van der Waals surface area contributed by atoms with Gasteiger partial charge in [0.1, 0.15) is 5.75 Å². The monoisotopic (exact) mass is 280 g/mol. The van der Waals surface area contributed by atoms with Crippen molar-refractivity contribution < 1.29 is 5.11 Å². The van der Waals surface area contributed by atoms with E-state index in [4.69, 9.17) is 0 Å². The van der Waals surface area contributed by atoms with Crippen LogP contribution in [0.25, 0.3) is 10.9 Å². The highest BCUT2D eigenvalue weighted by molar-refractivity contribution is 5.84. The molecule has 21 heavy (non-hydrogen) atoms. The van der Waals surface area contributed by atoms with Crippen LogP contribution in [0, 0.1) is 13.8 Å². The fourth-order valence-corrected chi connectivity index (χ4v) is 2.75. The predicted octanol–water partition coefficient (Wildman–Crippen LogP) is 4.11. The number of benzene rings is 2. The van der Waals surface area contributed by atoms with Crippen molar-refractivity contribution in [2.24, 2.45) is 7.05 Å². The summed E-state index contributed by atoms with van der Waals surface area (Å²) in [4.78, 5) is 0.